The van der Waals surface area contributed by atoms with Crippen LogP contribution in [0.25, 0.3) is 10.9 Å². The van der Waals surface area contributed by atoms with Crippen molar-refractivity contribution in [3.63, 3.8) is 0 Å². The minimum Gasteiger partial charge on any atom is -0.390 e. The van der Waals surface area contributed by atoms with Gasteiger partial charge in [-0.3, -0.25) is 18.8 Å². The molecule has 6 nitrogen and oxygen atoms in total. The molecule has 0 saturated heterocycles. The van der Waals surface area contributed by atoms with E-state index in [4.69, 9.17) is 0 Å². The van der Waals surface area contributed by atoms with E-state index in [0.29, 0.717) is 12.1 Å². The maximum Gasteiger partial charge on any atom is 0.389 e. The number of halogens is 3. The number of aryl methyl sites for hydroxylation is 1. The second-order valence-corrected chi connectivity index (χ2v) is 8.49. The van der Waals surface area contributed by atoms with Crippen molar-refractivity contribution in [1.82, 2.24) is 14.0 Å². The van der Waals surface area contributed by atoms with Gasteiger partial charge in [-0.1, -0.05) is 36.4 Å². The van der Waals surface area contributed by atoms with Crippen molar-refractivity contribution in [3.8, 4) is 0 Å². The number of benzene rings is 2. The Balaban J connectivity index is 1.56. The highest BCUT2D eigenvalue weighted by molar-refractivity contribution is 5.77. The molecule has 33 heavy (non-hydrogen) atoms. The van der Waals surface area contributed by atoms with Crippen molar-refractivity contribution >= 4 is 10.9 Å². The summed E-state index contributed by atoms with van der Waals surface area (Å²) in [4.78, 5) is 28.1. The smallest absolute Gasteiger partial charge is 0.389 e. The minimum absolute atomic E-state index is 0.169. The van der Waals surface area contributed by atoms with Crippen LogP contribution in [0.1, 0.15) is 24.0 Å². The van der Waals surface area contributed by atoms with Gasteiger partial charge in [0.25, 0.3) is 5.56 Å². The molecule has 1 atom stereocenters. The fraction of sp³-hybridized carbons (Fsp3) is 0.417. The van der Waals surface area contributed by atoms with Crippen molar-refractivity contribution in [3.05, 3.63) is 80.5 Å². The van der Waals surface area contributed by atoms with E-state index in [-0.39, 0.29) is 31.4 Å². The molecule has 2 heterocycles. The second kappa shape index (κ2) is 9.52. The summed E-state index contributed by atoms with van der Waals surface area (Å²) < 4.78 is 40.0. The predicted molar refractivity (Wildman–Crippen MR) is 119 cm³/mol. The van der Waals surface area contributed by atoms with Crippen LogP contribution >= 0.6 is 0 Å². The Kier molecular flexibility index (Phi) is 6.71. The topological polar surface area (TPSA) is 67.5 Å². The van der Waals surface area contributed by atoms with E-state index >= 15 is 0 Å². The predicted octanol–water partition coefficient (Wildman–Crippen LogP) is 2.92. The van der Waals surface area contributed by atoms with E-state index in [1.807, 2.05) is 18.2 Å². The second-order valence-electron chi connectivity index (χ2n) is 8.49. The first-order chi connectivity index (χ1) is 15.7. The third-order valence-corrected chi connectivity index (χ3v) is 6.05. The van der Waals surface area contributed by atoms with Crippen LogP contribution in [0.2, 0.25) is 0 Å². The standard InChI is InChI=1S/C24H26F3N3O3/c25-24(26,27)11-5-12-29-21-9-4-3-8-20(21)22(32)30(23(29)33)16-19(31)15-28-13-10-17-6-1-2-7-18(17)14-28/h1-4,6-9,19,31H,5,10-16H2/t19-/m1/s1. The molecule has 1 aromatic heterocycles. The number of rotatable bonds is 7. The molecule has 2 aromatic carbocycles. The highest BCUT2D eigenvalue weighted by Crippen LogP contribution is 2.22. The van der Waals surface area contributed by atoms with Gasteiger partial charge in [0, 0.05) is 32.6 Å². The van der Waals surface area contributed by atoms with Crippen molar-refractivity contribution < 1.29 is 18.3 Å². The van der Waals surface area contributed by atoms with Gasteiger partial charge in [0.1, 0.15) is 0 Å². The molecule has 0 amide bonds. The number of para-hydroxylation sites is 1. The quantitative estimate of drug-likeness (QED) is 0.588. The highest BCUT2D eigenvalue weighted by Gasteiger charge is 2.27. The van der Waals surface area contributed by atoms with Crippen molar-refractivity contribution in [2.45, 2.75) is 51.2 Å². The fourth-order valence-corrected chi connectivity index (χ4v) is 4.46. The van der Waals surface area contributed by atoms with Gasteiger partial charge in [-0.25, -0.2) is 4.79 Å². The van der Waals surface area contributed by atoms with Crippen LogP contribution in [0.3, 0.4) is 0 Å². The van der Waals surface area contributed by atoms with Crippen LogP contribution in [-0.4, -0.2) is 44.5 Å². The lowest BCUT2D eigenvalue weighted by atomic mass is 10.00. The molecule has 1 N–H and O–H groups in total. The molecule has 176 valence electrons. The zero-order valence-electron chi connectivity index (χ0n) is 18.1. The fourth-order valence-electron chi connectivity index (χ4n) is 4.46. The van der Waals surface area contributed by atoms with Crippen LogP contribution in [0.4, 0.5) is 13.2 Å². The summed E-state index contributed by atoms with van der Waals surface area (Å²) in [6, 6.07) is 14.5. The SMILES string of the molecule is O=c1c2ccccc2n(CCCC(F)(F)F)c(=O)n1C[C@H](O)CN1CCc2ccccc2C1. The highest BCUT2D eigenvalue weighted by atomic mass is 19.4. The first-order valence-electron chi connectivity index (χ1n) is 11.0. The molecule has 0 unspecified atom stereocenters. The van der Waals surface area contributed by atoms with Gasteiger partial charge in [0.2, 0.25) is 0 Å². The van der Waals surface area contributed by atoms with Gasteiger partial charge >= 0.3 is 11.9 Å². The van der Waals surface area contributed by atoms with Crippen molar-refractivity contribution in [2.24, 2.45) is 0 Å². The Morgan fingerprint density at radius 2 is 1.64 bits per heavy atom. The Morgan fingerprint density at radius 1 is 0.939 bits per heavy atom. The number of hydrogen-bond donors (Lipinski definition) is 1. The maximum absolute atomic E-state index is 13.1. The van der Waals surface area contributed by atoms with Crippen LogP contribution in [0, 0.1) is 0 Å². The summed E-state index contributed by atoms with van der Waals surface area (Å²) in [5, 5.41) is 10.9. The number of aliphatic hydroxyl groups excluding tert-OH is 1. The summed E-state index contributed by atoms with van der Waals surface area (Å²) in [5.74, 6) is 0. The maximum atomic E-state index is 13.1. The van der Waals surface area contributed by atoms with E-state index in [1.165, 1.54) is 15.7 Å². The van der Waals surface area contributed by atoms with Gasteiger partial charge in [-0.05, 0) is 36.1 Å². The number of β-amino-alcohol motifs (C(OH)–C–C–N with tert-alkyl or cyclic N) is 1. The first kappa shape index (κ1) is 23.3. The first-order valence-corrected chi connectivity index (χ1v) is 11.0. The largest absolute Gasteiger partial charge is 0.390 e. The Labute approximate surface area is 188 Å². The van der Waals surface area contributed by atoms with Gasteiger partial charge < -0.3 is 5.11 Å². The number of aliphatic hydroxyl groups is 1. The van der Waals surface area contributed by atoms with Crippen LogP contribution in [-0.2, 0) is 26.1 Å². The molecule has 0 fully saturated rings. The number of hydrogen-bond acceptors (Lipinski definition) is 4. The number of fused-ring (bicyclic) bond motifs is 2. The molecule has 4 rings (SSSR count). The van der Waals surface area contributed by atoms with Crippen LogP contribution < -0.4 is 11.2 Å². The summed E-state index contributed by atoms with van der Waals surface area (Å²) in [6.45, 7) is 1.31. The van der Waals surface area contributed by atoms with Gasteiger partial charge in [-0.15, -0.1) is 0 Å². The van der Waals surface area contributed by atoms with Crippen molar-refractivity contribution in [2.75, 3.05) is 13.1 Å². The molecule has 0 bridgehead atoms. The van der Waals surface area contributed by atoms with E-state index in [2.05, 4.69) is 11.0 Å². The molecular formula is C24H26F3N3O3. The third-order valence-electron chi connectivity index (χ3n) is 6.05. The van der Waals surface area contributed by atoms with Gasteiger partial charge in [0.05, 0.1) is 23.6 Å². The monoisotopic (exact) mass is 461 g/mol. The van der Waals surface area contributed by atoms with Gasteiger partial charge in [-0.2, -0.15) is 13.2 Å². The molecule has 0 spiro atoms. The molecule has 0 saturated carbocycles. The normalized spacial score (nSPS) is 15.5. The minimum atomic E-state index is -4.32. The van der Waals surface area contributed by atoms with E-state index in [0.717, 1.165) is 17.5 Å². The average Bonchev–Trinajstić information content (AvgIpc) is 2.78. The number of alkyl halides is 3. The molecule has 9 heteroatoms. The van der Waals surface area contributed by atoms with E-state index in [1.54, 1.807) is 24.3 Å². The van der Waals surface area contributed by atoms with Gasteiger partial charge in [0.15, 0.2) is 0 Å². The van der Waals surface area contributed by atoms with Crippen molar-refractivity contribution in [1.29, 1.82) is 0 Å². The summed E-state index contributed by atoms with van der Waals surface area (Å²) in [6.07, 6.45) is -5.75. The van der Waals surface area contributed by atoms with Crippen LogP contribution in [0.5, 0.6) is 0 Å². The summed E-state index contributed by atoms with van der Waals surface area (Å²) in [7, 11) is 0. The summed E-state index contributed by atoms with van der Waals surface area (Å²) in [5.41, 5.74) is 1.50. The third kappa shape index (κ3) is 5.36. The molecule has 1 aliphatic heterocycles. The molecule has 3 aromatic rings. The lowest BCUT2D eigenvalue weighted by molar-refractivity contribution is -0.135. The lowest BCUT2D eigenvalue weighted by Crippen LogP contribution is -2.45. The summed E-state index contributed by atoms with van der Waals surface area (Å²) >= 11 is 0. The zero-order chi connectivity index (χ0) is 23.6. The number of aromatic nitrogens is 2. The zero-order valence-corrected chi connectivity index (χ0v) is 18.1. The van der Waals surface area contributed by atoms with E-state index in [9.17, 15) is 27.9 Å². The van der Waals surface area contributed by atoms with Crippen LogP contribution in [0.15, 0.2) is 58.1 Å². The Hall–Kier alpha value is -2.91. The lowest BCUT2D eigenvalue weighted by Gasteiger charge is -2.30. The molecule has 0 radical (unpaired) electrons. The molecule has 1 aliphatic rings. The Bertz CT molecular complexity index is 1250. The van der Waals surface area contributed by atoms with E-state index < -0.39 is 30.0 Å². The molecule has 0 aliphatic carbocycles. The average molecular weight is 461 g/mol. The number of nitrogens with zero attached hydrogens (tertiary/aromatic N) is 3. The molecular weight excluding hydrogens is 435 g/mol. The Morgan fingerprint density at radius 3 is 2.39 bits per heavy atom.